The summed E-state index contributed by atoms with van der Waals surface area (Å²) in [5, 5.41) is 14.5. The van der Waals surface area contributed by atoms with Crippen LogP contribution in [-0.2, 0) is 11.3 Å². The molecule has 5 nitrogen and oxygen atoms in total. The summed E-state index contributed by atoms with van der Waals surface area (Å²) >= 11 is 0. The summed E-state index contributed by atoms with van der Waals surface area (Å²) < 4.78 is 5.67. The number of amides is 1. The van der Waals surface area contributed by atoms with Gasteiger partial charge in [0.1, 0.15) is 11.8 Å². The molecule has 1 aliphatic carbocycles. The van der Waals surface area contributed by atoms with Gasteiger partial charge in [0, 0.05) is 18.9 Å². The van der Waals surface area contributed by atoms with Crippen molar-refractivity contribution in [3.05, 3.63) is 65.7 Å². The summed E-state index contributed by atoms with van der Waals surface area (Å²) in [4.78, 5) is 14.1. The number of quaternary nitrogens is 1. The summed E-state index contributed by atoms with van der Waals surface area (Å²) in [6.07, 6.45) is 4.82. The molecule has 1 aliphatic heterocycles. The Morgan fingerprint density at radius 3 is 2.70 bits per heavy atom. The first kappa shape index (κ1) is 20.9. The quantitative estimate of drug-likeness (QED) is 0.686. The van der Waals surface area contributed by atoms with Crippen LogP contribution in [0.3, 0.4) is 0 Å². The number of rotatable bonds is 6. The van der Waals surface area contributed by atoms with E-state index >= 15 is 0 Å². The average Bonchev–Trinajstić information content (AvgIpc) is 2.78. The van der Waals surface area contributed by atoms with Gasteiger partial charge in [-0.3, -0.25) is 4.79 Å². The largest absolute Gasteiger partial charge is 0.496 e. The molecule has 160 valence electrons. The Balaban J connectivity index is 1.55. The first-order chi connectivity index (χ1) is 14.6. The lowest BCUT2D eigenvalue weighted by molar-refractivity contribution is -0.937. The third kappa shape index (κ3) is 4.37. The van der Waals surface area contributed by atoms with Gasteiger partial charge >= 0.3 is 0 Å². The van der Waals surface area contributed by atoms with Gasteiger partial charge in [0.05, 0.1) is 24.8 Å². The number of nitrogens with one attached hydrogen (secondary N) is 2. The number of hydrogen-bond acceptors (Lipinski definition) is 3. The van der Waals surface area contributed by atoms with Crippen LogP contribution in [-0.4, -0.2) is 36.8 Å². The van der Waals surface area contributed by atoms with E-state index < -0.39 is 5.60 Å². The van der Waals surface area contributed by atoms with Crippen molar-refractivity contribution in [3.8, 4) is 5.75 Å². The zero-order chi connectivity index (χ0) is 21.0. The lowest BCUT2D eigenvalue weighted by atomic mass is 9.66. The average molecular weight is 410 g/mol. The Kier molecular flexibility index (Phi) is 6.40. The fraction of sp³-hybridized carbons (Fsp3) is 0.480. The van der Waals surface area contributed by atoms with Crippen molar-refractivity contribution in [2.24, 2.45) is 5.92 Å². The third-order valence-electron chi connectivity index (χ3n) is 6.98. The molecule has 4 atom stereocenters. The fourth-order valence-corrected chi connectivity index (χ4v) is 5.48. The van der Waals surface area contributed by atoms with E-state index in [1.807, 2.05) is 48.5 Å². The number of methoxy groups -OCH3 is 1. The van der Waals surface area contributed by atoms with Crippen molar-refractivity contribution < 1.29 is 19.5 Å². The maximum atomic E-state index is 12.8. The van der Waals surface area contributed by atoms with Gasteiger partial charge in [0.15, 0.2) is 6.54 Å². The molecule has 1 heterocycles. The zero-order valence-corrected chi connectivity index (χ0v) is 17.8. The van der Waals surface area contributed by atoms with Gasteiger partial charge in [-0.25, -0.2) is 0 Å². The first-order valence-electron chi connectivity index (χ1n) is 11.1. The van der Waals surface area contributed by atoms with Crippen molar-refractivity contribution in [3.63, 3.8) is 0 Å². The van der Waals surface area contributed by atoms with Crippen LogP contribution in [0, 0.1) is 5.92 Å². The van der Waals surface area contributed by atoms with Crippen LogP contribution in [0.4, 0.5) is 0 Å². The second kappa shape index (κ2) is 9.19. The molecule has 2 aromatic rings. The third-order valence-corrected chi connectivity index (χ3v) is 6.98. The number of hydrogen-bond donors (Lipinski definition) is 3. The molecular formula is C25H33N2O3+. The highest BCUT2D eigenvalue weighted by Gasteiger charge is 2.52. The normalized spacial score (nSPS) is 28.4. The summed E-state index contributed by atoms with van der Waals surface area (Å²) in [6.45, 7) is 1.73. The Bertz CT molecular complexity index is 856. The lowest BCUT2D eigenvalue weighted by Crippen LogP contribution is -3.16. The first-order valence-corrected chi connectivity index (χ1v) is 11.1. The van der Waals surface area contributed by atoms with Crippen LogP contribution in [0.1, 0.15) is 49.3 Å². The standard InChI is InChI=1S/C25H32N2O3/c1-30-22-13-6-5-11-20(22)24-21-12-7-8-14-25(21,29)15-16-27(24)18-23(28)26-17-19-9-3-2-4-10-19/h2-6,9-11,13,21,24,29H,7-8,12,14-18H2,1H3,(H,26,28)/p+1/t21-,24+,25+/m0/s1. The number of fused-ring (bicyclic) bond motifs is 1. The molecule has 5 heteroatoms. The van der Waals surface area contributed by atoms with Gasteiger partial charge in [-0.2, -0.15) is 0 Å². The minimum atomic E-state index is -0.631. The number of piperidine rings is 1. The molecule has 2 aliphatic rings. The minimum Gasteiger partial charge on any atom is -0.496 e. The topological polar surface area (TPSA) is 63.0 Å². The van der Waals surface area contributed by atoms with Crippen LogP contribution >= 0.6 is 0 Å². The van der Waals surface area contributed by atoms with Gasteiger partial charge in [-0.1, -0.05) is 55.3 Å². The number of carbonyl (C=O) groups is 1. The van der Waals surface area contributed by atoms with E-state index in [0.717, 1.165) is 55.5 Å². The van der Waals surface area contributed by atoms with Crippen molar-refractivity contribution in [1.82, 2.24) is 5.32 Å². The second-order valence-electron chi connectivity index (χ2n) is 8.77. The summed E-state index contributed by atoms with van der Waals surface area (Å²) in [5.41, 5.74) is 1.58. The van der Waals surface area contributed by atoms with Crippen molar-refractivity contribution in [2.45, 2.75) is 50.3 Å². The number of carbonyl (C=O) groups excluding carboxylic acids is 1. The van der Waals surface area contributed by atoms with Gasteiger partial charge < -0.3 is 20.1 Å². The maximum Gasteiger partial charge on any atom is 0.275 e. The number of benzene rings is 2. The number of para-hydroxylation sites is 1. The highest BCUT2D eigenvalue weighted by atomic mass is 16.5. The van der Waals surface area contributed by atoms with E-state index in [1.165, 1.54) is 4.90 Å². The molecule has 0 spiro atoms. The SMILES string of the molecule is COc1ccccc1[C@@H]1[C@@H]2CCCC[C@@]2(O)CC[NH+]1CC(=O)NCc1ccccc1. The molecule has 4 rings (SSSR count). The summed E-state index contributed by atoms with van der Waals surface area (Å²) in [5.74, 6) is 1.04. The number of aliphatic hydroxyl groups is 1. The van der Waals surface area contributed by atoms with Crippen molar-refractivity contribution in [2.75, 3.05) is 20.2 Å². The highest BCUT2D eigenvalue weighted by molar-refractivity contribution is 5.76. The molecule has 2 fully saturated rings. The molecule has 2 aromatic carbocycles. The minimum absolute atomic E-state index is 0.0509. The molecule has 1 unspecified atom stereocenters. The van der Waals surface area contributed by atoms with Gasteiger partial charge in [0.2, 0.25) is 0 Å². The smallest absolute Gasteiger partial charge is 0.275 e. The Morgan fingerprint density at radius 1 is 1.13 bits per heavy atom. The van der Waals surface area contributed by atoms with Gasteiger partial charge in [-0.15, -0.1) is 0 Å². The van der Waals surface area contributed by atoms with Crippen LogP contribution < -0.4 is 15.0 Å². The van der Waals surface area contributed by atoms with E-state index in [0.29, 0.717) is 13.1 Å². The molecular weight excluding hydrogens is 376 g/mol. The molecule has 3 N–H and O–H groups in total. The zero-order valence-electron chi connectivity index (χ0n) is 17.8. The monoisotopic (exact) mass is 409 g/mol. The lowest BCUT2D eigenvalue weighted by Gasteiger charge is -2.50. The molecule has 1 saturated heterocycles. The fourth-order valence-electron chi connectivity index (χ4n) is 5.48. The van der Waals surface area contributed by atoms with E-state index in [-0.39, 0.29) is 17.9 Å². The second-order valence-corrected chi connectivity index (χ2v) is 8.77. The maximum absolute atomic E-state index is 12.8. The van der Waals surface area contributed by atoms with E-state index in [9.17, 15) is 9.90 Å². The molecule has 0 bridgehead atoms. The molecule has 0 aromatic heterocycles. The van der Waals surface area contributed by atoms with Crippen LogP contribution in [0.25, 0.3) is 0 Å². The van der Waals surface area contributed by atoms with Crippen LogP contribution in [0.15, 0.2) is 54.6 Å². The van der Waals surface area contributed by atoms with Gasteiger partial charge in [0.25, 0.3) is 5.91 Å². The van der Waals surface area contributed by atoms with Crippen molar-refractivity contribution in [1.29, 1.82) is 0 Å². The summed E-state index contributed by atoms with van der Waals surface area (Å²) in [7, 11) is 1.70. The Morgan fingerprint density at radius 2 is 1.90 bits per heavy atom. The van der Waals surface area contributed by atoms with E-state index in [1.54, 1.807) is 7.11 Å². The predicted octanol–water partition coefficient (Wildman–Crippen LogP) is 2.26. The van der Waals surface area contributed by atoms with Crippen LogP contribution in [0.2, 0.25) is 0 Å². The number of ether oxygens (including phenoxy) is 1. The van der Waals surface area contributed by atoms with E-state index in [4.69, 9.17) is 4.74 Å². The molecule has 30 heavy (non-hydrogen) atoms. The predicted molar refractivity (Wildman–Crippen MR) is 116 cm³/mol. The molecule has 1 amide bonds. The van der Waals surface area contributed by atoms with E-state index in [2.05, 4.69) is 11.4 Å². The Labute approximate surface area is 179 Å². The molecule has 0 radical (unpaired) electrons. The summed E-state index contributed by atoms with van der Waals surface area (Å²) in [6, 6.07) is 18.1. The highest BCUT2D eigenvalue weighted by Crippen LogP contribution is 2.45. The number of likely N-dealkylation sites (tertiary alicyclic amines) is 1. The Hall–Kier alpha value is -2.37. The molecule has 1 saturated carbocycles. The van der Waals surface area contributed by atoms with Crippen LogP contribution in [0.5, 0.6) is 5.75 Å². The van der Waals surface area contributed by atoms with Crippen molar-refractivity contribution >= 4 is 5.91 Å². The van der Waals surface area contributed by atoms with Gasteiger partial charge in [-0.05, 0) is 30.5 Å².